The molecule has 0 aliphatic carbocycles. The molecule has 1 aromatic heterocycles. The van der Waals surface area contributed by atoms with Crippen molar-refractivity contribution in [3.8, 4) is 0 Å². The molecule has 3 heterocycles. The summed E-state index contributed by atoms with van der Waals surface area (Å²) in [6.45, 7) is 5.15. The molecule has 0 aromatic carbocycles. The number of sulfonamides is 1. The van der Waals surface area contributed by atoms with Crippen molar-refractivity contribution in [2.24, 2.45) is 0 Å². The third-order valence-corrected chi connectivity index (χ3v) is 8.40. The summed E-state index contributed by atoms with van der Waals surface area (Å²) < 4.78 is 26.8. The molecule has 0 N–H and O–H groups in total. The lowest BCUT2D eigenvalue weighted by atomic mass is 9.95. The van der Waals surface area contributed by atoms with Crippen LogP contribution in [0.5, 0.6) is 0 Å². The second kappa shape index (κ2) is 7.76. The van der Waals surface area contributed by atoms with Crippen molar-refractivity contribution < 1.29 is 13.2 Å². The van der Waals surface area contributed by atoms with Crippen LogP contribution in [0, 0.1) is 0 Å². The second-order valence-corrected chi connectivity index (χ2v) is 9.98. The Kier molecular flexibility index (Phi) is 5.85. The van der Waals surface area contributed by atoms with E-state index in [1.165, 1.54) is 14.7 Å². The zero-order valence-electron chi connectivity index (χ0n) is 15.1. The van der Waals surface area contributed by atoms with Gasteiger partial charge in [0.15, 0.2) is 0 Å². The van der Waals surface area contributed by atoms with Crippen LogP contribution in [0.2, 0.25) is 0 Å². The van der Waals surface area contributed by atoms with Gasteiger partial charge in [-0.05, 0) is 49.1 Å². The second-order valence-electron chi connectivity index (χ2n) is 6.94. The molecule has 1 aromatic rings. The molecular formula is C18H28N2O3S2. The molecule has 2 unspecified atom stereocenters. The summed E-state index contributed by atoms with van der Waals surface area (Å²) in [4.78, 5) is 16.7. The Bertz CT molecular complexity index is 714. The Hall–Kier alpha value is -0.920. The van der Waals surface area contributed by atoms with E-state index in [1.54, 1.807) is 11.3 Å². The minimum Gasteiger partial charge on any atom is -0.334 e. The first-order valence-electron chi connectivity index (χ1n) is 9.35. The van der Waals surface area contributed by atoms with E-state index in [0.717, 1.165) is 25.7 Å². The molecule has 7 heteroatoms. The number of hydrogen-bond donors (Lipinski definition) is 0. The van der Waals surface area contributed by atoms with Crippen LogP contribution >= 0.6 is 11.3 Å². The fraction of sp³-hybridized carbons (Fsp3) is 0.722. The maximum atomic E-state index is 13.3. The molecule has 0 saturated carbocycles. The van der Waals surface area contributed by atoms with E-state index >= 15 is 0 Å². The highest BCUT2D eigenvalue weighted by Gasteiger charge is 2.41. The van der Waals surface area contributed by atoms with Crippen LogP contribution in [0.4, 0.5) is 0 Å². The van der Waals surface area contributed by atoms with Gasteiger partial charge >= 0.3 is 0 Å². The molecule has 0 spiro atoms. The zero-order valence-corrected chi connectivity index (χ0v) is 16.7. The topological polar surface area (TPSA) is 57.7 Å². The van der Waals surface area contributed by atoms with Gasteiger partial charge in [0, 0.05) is 18.0 Å². The molecule has 5 nitrogen and oxygen atoms in total. The Morgan fingerprint density at radius 1 is 1.28 bits per heavy atom. The summed E-state index contributed by atoms with van der Waals surface area (Å²) in [6.07, 6.45) is 4.74. The SMILES string of the molecule is CCCS(=O)(=O)N1CCCCC1C(=O)N1CCc2sccc2C1CC. The zero-order chi connectivity index (χ0) is 18.0. The van der Waals surface area contributed by atoms with Crippen molar-refractivity contribution in [3.05, 3.63) is 21.9 Å². The first-order chi connectivity index (χ1) is 12.0. The Morgan fingerprint density at radius 2 is 2.08 bits per heavy atom. The molecule has 1 amide bonds. The fourth-order valence-electron chi connectivity index (χ4n) is 4.15. The standard InChI is InChI=1S/C18H28N2O3S2/c1-3-13-25(22,23)20-10-6-5-7-16(20)18(21)19-11-8-17-14(9-12-24-17)15(19)4-2/h9,12,15-16H,3-8,10-11,13H2,1-2H3. The Morgan fingerprint density at radius 3 is 2.80 bits per heavy atom. The van der Waals surface area contributed by atoms with Crippen LogP contribution in [0.25, 0.3) is 0 Å². The van der Waals surface area contributed by atoms with E-state index in [1.807, 2.05) is 11.8 Å². The molecule has 3 rings (SSSR count). The molecule has 2 aliphatic rings. The maximum absolute atomic E-state index is 13.3. The van der Waals surface area contributed by atoms with Gasteiger partial charge in [-0.15, -0.1) is 11.3 Å². The molecular weight excluding hydrogens is 356 g/mol. The highest BCUT2D eigenvalue weighted by Crippen LogP contribution is 2.36. The average Bonchev–Trinajstić information content (AvgIpc) is 3.09. The fourth-order valence-corrected chi connectivity index (χ4v) is 6.82. The molecule has 2 atom stereocenters. The maximum Gasteiger partial charge on any atom is 0.241 e. The molecule has 25 heavy (non-hydrogen) atoms. The van der Waals surface area contributed by atoms with Crippen molar-refractivity contribution in [1.82, 2.24) is 9.21 Å². The van der Waals surface area contributed by atoms with Crippen LogP contribution < -0.4 is 0 Å². The number of fused-ring (bicyclic) bond motifs is 1. The van der Waals surface area contributed by atoms with Crippen molar-refractivity contribution in [3.63, 3.8) is 0 Å². The van der Waals surface area contributed by atoms with Gasteiger partial charge in [-0.25, -0.2) is 8.42 Å². The van der Waals surface area contributed by atoms with Gasteiger partial charge in [-0.2, -0.15) is 4.31 Å². The Balaban J connectivity index is 1.85. The lowest BCUT2D eigenvalue weighted by Crippen LogP contribution is -2.55. The lowest BCUT2D eigenvalue weighted by Gasteiger charge is -2.41. The van der Waals surface area contributed by atoms with Crippen molar-refractivity contribution >= 4 is 27.3 Å². The lowest BCUT2D eigenvalue weighted by molar-refractivity contribution is -0.139. The van der Waals surface area contributed by atoms with Gasteiger partial charge in [-0.1, -0.05) is 20.3 Å². The summed E-state index contributed by atoms with van der Waals surface area (Å²) in [5, 5.41) is 2.10. The normalized spacial score (nSPS) is 25.0. The molecule has 1 fully saturated rings. The molecule has 2 aliphatic heterocycles. The predicted molar refractivity (Wildman–Crippen MR) is 101 cm³/mol. The predicted octanol–water partition coefficient (Wildman–Crippen LogP) is 3.18. The van der Waals surface area contributed by atoms with Crippen LogP contribution in [-0.2, 0) is 21.2 Å². The van der Waals surface area contributed by atoms with Gasteiger partial charge in [0.1, 0.15) is 6.04 Å². The number of amides is 1. The molecule has 140 valence electrons. The van der Waals surface area contributed by atoms with Crippen LogP contribution in [0.15, 0.2) is 11.4 Å². The van der Waals surface area contributed by atoms with E-state index in [-0.39, 0.29) is 17.7 Å². The van der Waals surface area contributed by atoms with Crippen molar-refractivity contribution in [1.29, 1.82) is 0 Å². The van der Waals surface area contributed by atoms with Gasteiger partial charge in [-0.3, -0.25) is 4.79 Å². The van der Waals surface area contributed by atoms with Gasteiger partial charge in [0.2, 0.25) is 15.9 Å². The first-order valence-corrected chi connectivity index (χ1v) is 11.8. The highest BCUT2D eigenvalue weighted by atomic mass is 32.2. The smallest absolute Gasteiger partial charge is 0.241 e. The molecule has 0 bridgehead atoms. The van der Waals surface area contributed by atoms with Gasteiger partial charge in [0.25, 0.3) is 0 Å². The minimum absolute atomic E-state index is 0.00285. The largest absolute Gasteiger partial charge is 0.334 e. The number of thiophene rings is 1. The summed E-state index contributed by atoms with van der Waals surface area (Å²) in [5.41, 5.74) is 1.26. The third kappa shape index (κ3) is 3.64. The van der Waals surface area contributed by atoms with E-state index in [2.05, 4.69) is 18.4 Å². The van der Waals surface area contributed by atoms with E-state index in [0.29, 0.717) is 25.9 Å². The molecule has 1 saturated heterocycles. The van der Waals surface area contributed by atoms with E-state index in [9.17, 15) is 13.2 Å². The van der Waals surface area contributed by atoms with E-state index in [4.69, 9.17) is 0 Å². The number of piperidine rings is 1. The first kappa shape index (κ1) is 18.9. The number of carbonyl (C=O) groups is 1. The summed E-state index contributed by atoms with van der Waals surface area (Å²) >= 11 is 1.76. The monoisotopic (exact) mass is 384 g/mol. The van der Waals surface area contributed by atoms with Crippen LogP contribution in [0.1, 0.15) is 62.4 Å². The average molecular weight is 385 g/mol. The number of hydrogen-bond acceptors (Lipinski definition) is 4. The quantitative estimate of drug-likeness (QED) is 0.783. The third-order valence-electron chi connectivity index (χ3n) is 5.32. The van der Waals surface area contributed by atoms with Crippen molar-refractivity contribution in [2.75, 3.05) is 18.8 Å². The number of nitrogens with zero attached hydrogens (tertiary/aromatic N) is 2. The van der Waals surface area contributed by atoms with Crippen LogP contribution in [-0.4, -0.2) is 48.4 Å². The number of carbonyl (C=O) groups excluding carboxylic acids is 1. The van der Waals surface area contributed by atoms with Gasteiger partial charge < -0.3 is 4.90 Å². The van der Waals surface area contributed by atoms with Crippen LogP contribution in [0.3, 0.4) is 0 Å². The summed E-state index contributed by atoms with van der Waals surface area (Å²) in [7, 11) is -3.35. The highest BCUT2D eigenvalue weighted by molar-refractivity contribution is 7.89. The minimum atomic E-state index is -3.35. The summed E-state index contributed by atoms with van der Waals surface area (Å²) in [6, 6.07) is 1.69. The van der Waals surface area contributed by atoms with Gasteiger partial charge in [0.05, 0.1) is 11.8 Å². The van der Waals surface area contributed by atoms with Crippen molar-refractivity contribution in [2.45, 2.75) is 64.5 Å². The number of rotatable bonds is 5. The Labute approximate surface area is 155 Å². The molecule has 0 radical (unpaired) electrons. The summed E-state index contributed by atoms with van der Waals surface area (Å²) in [5.74, 6) is 0.130. The van der Waals surface area contributed by atoms with E-state index < -0.39 is 16.1 Å².